The highest BCUT2D eigenvalue weighted by atomic mass is 19.1. The molecule has 1 fully saturated rings. The average Bonchev–Trinajstić information content (AvgIpc) is 2.13. The normalized spacial score (nSPS) is 27.1. The first-order valence-electron chi connectivity index (χ1n) is 3.26. The smallest absolute Gasteiger partial charge is 0.317 e. The summed E-state index contributed by atoms with van der Waals surface area (Å²) in [6.07, 6.45) is -0.341. The van der Waals surface area contributed by atoms with Gasteiger partial charge in [-0.1, -0.05) is 0 Å². The van der Waals surface area contributed by atoms with Gasteiger partial charge in [0.2, 0.25) is 0 Å². The maximum absolute atomic E-state index is 12.4. The molecular formula is C6H10FNO2. The minimum Gasteiger partial charge on any atom is -0.480 e. The van der Waals surface area contributed by atoms with Gasteiger partial charge in [0.25, 0.3) is 0 Å². The number of nitrogens with zero attached hydrogens (tertiary/aromatic N) is 1. The standard InChI is InChI=1S/C6H10FNO2/c7-5-1-2-8(3-5)4-6(9)10/h5H,1-4H2,(H,9,10)/t5-/m1/s1. The molecule has 0 spiro atoms. The number of aliphatic carboxylic acids is 1. The Morgan fingerprint density at radius 1 is 1.80 bits per heavy atom. The number of carbonyl (C=O) groups is 1. The lowest BCUT2D eigenvalue weighted by Gasteiger charge is -2.09. The maximum atomic E-state index is 12.4. The van der Waals surface area contributed by atoms with Crippen LogP contribution in [0.5, 0.6) is 0 Å². The fourth-order valence-corrected chi connectivity index (χ4v) is 1.12. The first kappa shape index (κ1) is 7.47. The third-order valence-corrected chi connectivity index (χ3v) is 1.57. The monoisotopic (exact) mass is 147 g/mol. The fraction of sp³-hybridized carbons (Fsp3) is 0.833. The Kier molecular flexibility index (Phi) is 2.21. The summed E-state index contributed by atoms with van der Waals surface area (Å²) in [4.78, 5) is 11.7. The van der Waals surface area contributed by atoms with E-state index < -0.39 is 12.1 Å². The summed E-state index contributed by atoms with van der Waals surface area (Å²) in [6.45, 7) is 0.834. The zero-order valence-corrected chi connectivity index (χ0v) is 5.59. The van der Waals surface area contributed by atoms with Gasteiger partial charge in [0.05, 0.1) is 6.54 Å². The number of alkyl halides is 1. The van der Waals surface area contributed by atoms with Crippen molar-refractivity contribution in [2.45, 2.75) is 12.6 Å². The Labute approximate surface area is 58.4 Å². The Morgan fingerprint density at radius 2 is 2.50 bits per heavy atom. The van der Waals surface area contributed by atoms with E-state index in [1.165, 1.54) is 0 Å². The van der Waals surface area contributed by atoms with E-state index in [0.717, 1.165) is 0 Å². The van der Waals surface area contributed by atoms with E-state index in [1.54, 1.807) is 4.90 Å². The summed E-state index contributed by atoms with van der Waals surface area (Å²) in [6, 6.07) is 0. The molecule has 1 saturated heterocycles. The molecular weight excluding hydrogens is 137 g/mol. The topological polar surface area (TPSA) is 40.5 Å². The van der Waals surface area contributed by atoms with Crippen LogP contribution in [0, 0.1) is 0 Å². The Hall–Kier alpha value is -0.640. The van der Waals surface area contributed by atoms with Gasteiger partial charge in [-0.2, -0.15) is 0 Å². The molecule has 58 valence electrons. The highest BCUT2D eigenvalue weighted by Crippen LogP contribution is 2.10. The highest BCUT2D eigenvalue weighted by Gasteiger charge is 2.22. The van der Waals surface area contributed by atoms with Crippen molar-refractivity contribution in [3.05, 3.63) is 0 Å². The predicted octanol–water partition coefficient (Wildman–Crippen LogP) is 0.115. The van der Waals surface area contributed by atoms with Crippen LogP contribution in [0.15, 0.2) is 0 Å². The van der Waals surface area contributed by atoms with Gasteiger partial charge in [-0.25, -0.2) is 4.39 Å². The minimum absolute atomic E-state index is 0.0274. The van der Waals surface area contributed by atoms with Crippen LogP contribution in [0.2, 0.25) is 0 Å². The number of halogens is 1. The van der Waals surface area contributed by atoms with Crippen LogP contribution >= 0.6 is 0 Å². The van der Waals surface area contributed by atoms with E-state index in [-0.39, 0.29) is 13.1 Å². The van der Waals surface area contributed by atoms with Gasteiger partial charge in [-0.15, -0.1) is 0 Å². The quantitative estimate of drug-likeness (QED) is 0.602. The molecule has 1 atom stereocenters. The Balaban J connectivity index is 2.24. The molecule has 0 aromatic heterocycles. The Bertz CT molecular complexity index is 140. The van der Waals surface area contributed by atoms with E-state index in [1.807, 2.05) is 0 Å². The summed E-state index contributed by atoms with van der Waals surface area (Å²) < 4.78 is 12.4. The second-order valence-corrected chi connectivity index (χ2v) is 2.51. The van der Waals surface area contributed by atoms with E-state index >= 15 is 0 Å². The maximum Gasteiger partial charge on any atom is 0.317 e. The number of hydrogen-bond donors (Lipinski definition) is 1. The zero-order valence-electron chi connectivity index (χ0n) is 5.59. The van der Waals surface area contributed by atoms with Crippen LogP contribution in [0.25, 0.3) is 0 Å². The van der Waals surface area contributed by atoms with Gasteiger partial charge < -0.3 is 5.11 Å². The molecule has 0 radical (unpaired) electrons. The summed E-state index contributed by atoms with van der Waals surface area (Å²) in [5.41, 5.74) is 0. The van der Waals surface area contributed by atoms with Crippen LogP contribution in [-0.2, 0) is 4.79 Å². The third kappa shape index (κ3) is 1.95. The van der Waals surface area contributed by atoms with Crippen molar-refractivity contribution in [2.75, 3.05) is 19.6 Å². The molecule has 0 unspecified atom stereocenters. The van der Waals surface area contributed by atoms with Crippen molar-refractivity contribution in [1.29, 1.82) is 0 Å². The molecule has 4 heteroatoms. The van der Waals surface area contributed by atoms with Gasteiger partial charge in [-0.3, -0.25) is 9.69 Å². The molecule has 10 heavy (non-hydrogen) atoms. The molecule has 0 amide bonds. The van der Waals surface area contributed by atoms with Crippen molar-refractivity contribution >= 4 is 5.97 Å². The lowest BCUT2D eigenvalue weighted by atomic mass is 10.3. The highest BCUT2D eigenvalue weighted by molar-refractivity contribution is 5.69. The molecule has 1 rings (SSSR count). The van der Waals surface area contributed by atoms with Crippen LogP contribution in [0.1, 0.15) is 6.42 Å². The van der Waals surface area contributed by atoms with Crippen molar-refractivity contribution in [2.24, 2.45) is 0 Å². The third-order valence-electron chi connectivity index (χ3n) is 1.57. The number of rotatable bonds is 2. The van der Waals surface area contributed by atoms with Gasteiger partial charge in [0.1, 0.15) is 6.17 Å². The SMILES string of the molecule is O=C(O)CN1CC[C@@H](F)C1. The average molecular weight is 147 g/mol. The molecule has 0 aliphatic carbocycles. The first-order chi connectivity index (χ1) is 4.68. The number of carboxylic acid groups (broad SMARTS) is 1. The summed E-state index contributed by atoms with van der Waals surface area (Å²) >= 11 is 0. The van der Waals surface area contributed by atoms with E-state index in [4.69, 9.17) is 5.11 Å². The second kappa shape index (κ2) is 2.96. The zero-order chi connectivity index (χ0) is 7.56. The van der Waals surface area contributed by atoms with Crippen molar-refractivity contribution in [1.82, 2.24) is 4.90 Å². The molecule has 1 heterocycles. The number of likely N-dealkylation sites (tertiary alicyclic amines) is 1. The fourth-order valence-electron chi connectivity index (χ4n) is 1.12. The number of carboxylic acids is 1. The summed E-state index contributed by atoms with van der Waals surface area (Å²) in [5.74, 6) is -0.880. The molecule has 0 saturated carbocycles. The summed E-state index contributed by atoms with van der Waals surface area (Å²) in [5, 5.41) is 8.30. The van der Waals surface area contributed by atoms with Crippen LogP contribution < -0.4 is 0 Å². The van der Waals surface area contributed by atoms with Gasteiger partial charge in [-0.05, 0) is 6.42 Å². The predicted molar refractivity (Wildman–Crippen MR) is 33.6 cm³/mol. The molecule has 3 nitrogen and oxygen atoms in total. The van der Waals surface area contributed by atoms with E-state index in [9.17, 15) is 9.18 Å². The second-order valence-electron chi connectivity index (χ2n) is 2.51. The van der Waals surface area contributed by atoms with Crippen molar-refractivity contribution < 1.29 is 14.3 Å². The number of hydrogen-bond acceptors (Lipinski definition) is 2. The van der Waals surface area contributed by atoms with Crippen LogP contribution in [0.4, 0.5) is 4.39 Å². The van der Waals surface area contributed by atoms with Crippen molar-refractivity contribution in [3.63, 3.8) is 0 Å². The lowest BCUT2D eigenvalue weighted by Crippen LogP contribution is -2.27. The molecule has 1 N–H and O–H groups in total. The van der Waals surface area contributed by atoms with Gasteiger partial charge in [0, 0.05) is 13.1 Å². The largest absolute Gasteiger partial charge is 0.480 e. The molecule has 1 aliphatic heterocycles. The summed E-state index contributed by atoms with van der Waals surface area (Å²) in [7, 11) is 0. The molecule has 1 aliphatic rings. The van der Waals surface area contributed by atoms with Crippen molar-refractivity contribution in [3.8, 4) is 0 Å². The molecule has 0 aromatic carbocycles. The van der Waals surface area contributed by atoms with Crippen LogP contribution in [0.3, 0.4) is 0 Å². The van der Waals surface area contributed by atoms with Gasteiger partial charge in [0.15, 0.2) is 0 Å². The van der Waals surface area contributed by atoms with E-state index in [2.05, 4.69) is 0 Å². The lowest BCUT2D eigenvalue weighted by molar-refractivity contribution is -0.138. The molecule has 0 bridgehead atoms. The first-order valence-corrected chi connectivity index (χ1v) is 3.26. The minimum atomic E-state index is -0.880. The van der Waals surface area contributed by atoms with Gasteiger partial charge >= 0.3 is 5.97 Å². The van der Waals surface area contributed by atoms with Crippen LogP contribution in [-0.4, -0.2) is 41.8 Å². The Morgan fingerprint density at radius 3 is 2.90 bits per heavy atom. The molecule has 0 aromatic rings. The van der Waals surface area contributed by atoms with E-state index in [0.29, 0.717) is 13.0 Å².